The fourth-order valence-corrected chi connectivity index (χ4v) is 9.86. The van der Waals surface area contributed by atoms with Gasteiger partial charge in [-0.05, 0) is 83.5 Å². The summed E-state index contributed by atoms with van der Waals surface area (Å²) in [6.45, 7) is 4.62. The maximum Gasteiger partial charge on any atom is 0.268 e. The van der Waals surface area contributed by atoms with E-state index in [4.69, 9.17) is 9.05 Å². The van der Waals surface area contributed by atoms with E-state index in [9.17, 15) is 19.4 Å². The number of phosphoric ester groups is 1. The van der Waals surface area contributed by atoms with Crippen LogP contribution in [0.4, 0.5) is 0 Å². The van der Waals surface area contributed by atoms with Gasteiger partial charge in [-0.3, -0.25) is 9.36 Å². The van der Waals surface area contributed by atoms with Crippen molar-refractivity contribution >= 4 is 13.7 Å². The molecule has 438 valence electrons. The maximum atomic E-state index is 13.0. The fraction of sp³-hybridized carbons (Fsp3) is 0.803. The van der Waals surface area contributed by atoms with Gasteiger partial charge < -0.3 is 28.8 Å². The summed E-state index contributed by atoms with van der Waals surface area (Å²) in [5.41, 5.74) is 0. The van der Waals surface area contributed by atoms with Crippen LogP contribution >= 0.6 is 7.82 Å². The molecule has 0 aliphatic rings. The molecule has 0 aliphatic heterocycles. The van der Waals surface area contributed by atoms with Crippen LogP contribution in [0.1, 0.15) is 290 Å². The van der Waals surface area contributed by atoms with Crippen molar-refractivity contribution in [2.45, 2.75) is 302 Å². The van der Waals surface area contributed by atoms with Gasteiger partial charge in [0.05, 0.1) is 39.9 Å². The largest absolute Gasteiger partial charge is 0.756 e. The van der Waals surface area contributed by atoms with E-state index in [0.717, 1.165) is 57.8 Å². The number of aliphatic hydroxyl groups excluding tert-OH is 1. The third-order valence-corrected chi connectivity index (χ3v) is 15.1. The van der Waals surface area contributed by atoms with E-state index in [1.165, 1.54) is 212 Å². The maximum absolute atomic E-state index is 13.0. The summed E-state index contributed by atoms with van der Waals surface area (Å²) in [5.74, 6) is -0.209. The quantitative estimate of drug-likeness (QED) is 0.0272. The summed E-state index contributed by atoms with van der Waals surface area (Å²) in [6, 6.07) is -0.912. The van der Waals surface area contributed by atoms with Crippen LogP contribution in [0.15, 0.2) is 72.9 Å². The number of nitrogens with one attached hydrogen (secondary N) is 1. The molecule has 2 N–H and O–H groups in total. The molecule has 0 fully saturated rings. The van der Waals surface area contributed by atoms with Crippen LogP contribution in [0, 0.1) is 0 Å². The molecule has 0 radical (unpaired) electrons. The van der Waals surface area contributed by atoms with Gasteiger partial charge in [-0.15, -0.1) is 0 Å². The summed E-state index contributed by atoms with van der Waals surface area (Å²) >= 11 is 0. The highest BCUT2D eigenvalue weighted by Gasteiger charge is 2.23. The van der Waals surface area contributed by atoms with Crippen LogP contribution in [-0.2, 0) is 18.4 Å². The number of hydrogen-bond acceptors (Lipinski definition) is 6. The van der Waals surface area contributed by atoms with Gasteiger partial charge in [-0.2, -0.15) is 0 Å². The minimum Gasteiger partial charge on any atom is -0.756 e. The van der Waals surface area contributed by atoms with Crippen LogP contribution in [0.3, 0.4) is 0 Å². The molecular weight excluding hydrogens is 948 g/mol. The van der Waals surface area contributed by atoms with Crippen LogP contribution in [-0.4, -0.2) is 68.5 Å². The predicted octanol–water partition coefficient (Wildman–Crippen LogP) is 19.2. The van der Waals surface area contributed by atoms with Crippen LogP contribution < -0.4 is 10.2 Å². The molecule has 0 rings (SSSR count). The molecule has 1 amide bonds. The summed E-state index contributed by atoms with van der Waals surface area (Å²) < 4.78 is 23.3. The lowest BCUT2D eigenvalue weighted by molar-refractivity contribution is -0.870. The average molecular weight is 1070 g/mol. The molecule has 3 unspecified atom stereocenters. The molecular formula is C66H123N2O6P. The molecule has 8 nitrogen and oxygen atoms in total. The van der Waals surface area contributed by atoms with E-state index < -0.39 is 26.6 Å². The summed E-state index contributed by atoms with van der Waals surface area (Å²) in [5, 5.41) is 13.9. The highest BCUT2D eigenvalue weighted by Crippen LogP contribution is 2.38. The minimum atomic E-state index is -4.61. The summed E-state index contributed by atoms with van der Waals surface area (Å²) in [6.07, 6.45) is 78.6. The first-order valence-electron chi connectivity index (χ1n) is 31.8. The van der Waals surface area contributed by atoms with Crippen molar-refractivity contribution < 1.29 is 32.9 Å². The Balaban J connectivity index is 4.07. The number of nitrogens with zero attached hydrogens (tertiary/aromatic N) is 1. The van der Waals surface area contributed by atoms with Crippen molar-refractivity contribution in [2.75, 3.05) is 40.9 Å². The number of aliphatic hydroxyl groups is 1. The molecule has 0 saturated carbocycles. The van der Waals surface area contributed by atoms with Gasteiger partial charge in [0.2, 0.25) is 5.91 Å². The van der Waals surface area contributed by atoms with Crippen molar-refractivity contribution in [3.8, 4) is 0 Å². The second kappa shape index (κ2) is 56.7. The van der Waals surface area contributed by atoms with Crippen molar-refractivity contribution in [1.29, 1.82) is 0 Å². The second-order valence-electron chi connectivity index (χ2n) is 22.7. The van der Waals surface area contributed by atoms with Crippen LogP contribution in [0.5, 0.6) is 0 Å². The molecule has 0 bridgehead atoms. The van der Waals surface area contributed by atoms with Gasteiger partial charge in [0.25, 0.3) is 7.82 Å². The molecule has 0 aromatic rings. The first-order chi connectivity index (χ1) is 36.5. The Labute approximate surface area is 465 Å². The average Bonchev–Trinajstić information content (AvgIpc) is 3.37. The first-order valence-corrected chi connectivity index (χ1v) is 33.3. The monoisotopic (exact) mass is 1070 g/mol. The van der Waals surface area contributed by atoms with E-state index in [0.29, 0.717) is 17.4 Å². The molecule has 9 heteroatoms. The van der Waals surface area contributed by atoms with Crippen LogP contribution in [0.25, 0.3) is 0 Å². The molecule has 75 heavy (non-hydrogen) atoms. The Morgan fingerprint density at radius 3 is 1.17 bits per heavy atom. The van der Waals surface area contributed by atoms with Crippen LogP contribution in [0.2, 0.25) is 0 Å². The molecule has 0 spiro atoms. The fourth-order valence-electron chi connectivity index (χ4n) is 9.14. The zero-order valence-corrected chi connectivity index (χ0v) is 50.9. The number of likely N-dealkylation sites (N-methyl/N-ethyl adjacent to an activating group) is 1. The number of phosphoric acid groups is 1. The SMILES string of the molecule is CCCCCCC/C=C\C/C=C\C/C=C\CCCCCCCCCCCCCCCCCCCCCCC(=O)NC(COP(=O)([O-])OCC[N+](C)(C)C)C(O)/C=C/CC/C=C/CC/C=C/CCCCCCCCCC. The third kappa shape index (κ3) is 59.4. The number of carbonyl (C=O) groups excluding carboxylic acids is 1. The predicted molar refractivity (Wildman–Crippen MR) is 325 cm³/mol. The number of carbonyl (C=O) groups is 1. The van der Waals surface area contributed by atoms with Crippen molar-refractivity contribution in [1.82, 2.24) is 5.32 Å². The standard InChI is InChI=1S/C66H123N2O6P/c1-6-8-10-12-14-16-18-20-22-24-26-27-28-29-30-31-32-33-34-35-36-37-38-39-40-41-42-44-46-48-50-52-54-56-58-60-66(70)67-64(63-74-75(71,72)73-62-61-68(3,4)5)65(69)59-57-55-53-51-49-47-45-43-25-23-21-19-17-15-13-11-9-7-2/h18,20,24-26,28-29,43,49,51,57,59,64-65,69H,6-17,19,21-23,27,30-42,44-48,50,52-56,58,60-63H2,1-5H3,(H-,67,70,71,72)/b20-18-,26-24-,29-28-,43-25+,51-49+,59-57+. The molecule has 0 aromatic heterocycles. The van der Waals surface area contributed by atoms with Crippen molar-refractivity contribution in [2.24, 2.45) is 0 Å². The number of quaternary nitrogens is 1. The molecule has 0 saturated heterocycles. The van der Waals surface area contributed by atoms with Gasteiger partial charge in [-0.1, -0.05) is 273 Å². The Kier molecular flexibility index (Phi) is 55.1. The van der Waals surface area contributed by atoms with Gasteiger partial charge >= 0.3 is 0 Å². The minimum absolute atomic E-state index is 0.00988. The van der Waals surface area contributed by atoms with Crippen molar-refractivity contribution in [3.05, 3.63) is 72.9 Å². The zero-order valence-electron chi connectivity index (χ0n) is 50.0. The molecule has 0 aromatic carbocycles. The highest BCUT2D eigenvalue weighted by atomic mass is 31.2. The summed E-state index contributed by atoms with van der Waals surface area (Å²) in [4.78, 5) is 25.5. The van der Waals surface area contributed by atoms with Crippen molar-refractivity contribution in [3.63, 3.8) is 0 Å². The van der Waals surface area contributed by atoms with E-state index in [2.05, 4.69) is 79.9 Å². The number of allylic oxidation sites excluding steroid dienone is 11. The Hall–Kier alpha value is -2.06. The zero-order chi connectivity index (χ0) is 54.9. The smallest absolute Gasteiger partial charge is 0.268 e. The number of amides is 1. The number of rotatable bonds is 58. The Morgan fingerprint density at radius 2 is 0.787 bits per heavy atom. The lowest BCUT2D eigenvalue weighted by Crippen LogP contribution is -2.45. The van der Waals surface area contributed by atoms with Gasteiger partial charge in [0.1, 0.15) is 13.2 Å². The lowest BCUT2D eigenvalue weighted by Gasteiger charge is -2.29. The van der Waals surface area contributed by atoms with E-state index in [-0.39, 0.29) is 12.5 Å². The molecule has 0 aliphatic carbocycles. The van der Waals surface area contributed by atoms with E-state index in [1.807, 2.05) is 27.2 Å². The Bertz CT molecular complexity index is 1450. The number of hydrogen-bond donors (Lipinski definition) is 2. The lowest BCUT2D eigenvalue weighted by atomic mass is 10.0. The van der Waals surface area contributed by atoms with E-state index in [1.54, 1.807) is 6.08 Å². The first kappa shape index (κ1) is 72.9. The van der Waals surface area contributed by atoms with Gasteiger partial charge in [-0.25, -0.2) is 0 Å². The highest BCUT2D eigenvalue weighted by molar-refractivity contribution is 7.45. The molecule has 0 heterocycles. The third-order valence-electron chi connectivity index (χ3n) is 14.1. The second-order valence-corrected chi connectivity index (χ2v) is 24.2. The Morgan fingerprint density at radius 1 is 0.467 bits per heavy atom. The normalized spacial score (nSPS) is 14.3. The van der Waals surface area contributed by atoms with E-state index >= 15 is 0 Å². The van der Waals surface area contributed by atoms with Gasteiger partial charge in [0, 0.05) is 6.42 Å². The topological polar surface area (TPSA) is 108 Å². The molecule has 3 atom stereocenters. The van der Waals surface area contributed by atoms with Gasteiger partial charge in [0.15, 0.2) is 0 Å². The summed E-state index contributed by atoms with van der Waals surface area (Å²) in [7, 11) is 1.24. The number of unbranched alkanes of at least 4 members (excludes halogenated alkanes) is 35.